The summed E-state index contributed by atoms with van der Waals surface area (Å²) in [6, 6.07) is 75.3. The summed E-state index contributed by atoms with van der Waals surface area (Å²) in [7, 11) is 0. The van der Waals surface area contributed by atoms with Gasteiger partial charge >= 0.3 is 0 Å². The normalized spacial score (nSPS) is 11.6. The summed E-state index contributed by atoms with van der Waals surface area (Å²) >= 11 is 1.86. The SMILES string of the molecule is c1ccc(-c2cc(-c3ccccc3)c3c(c2)c2ccc(N(c4ccc5c(c4)sc4ccccc45)c4cccc5ccccc45)cc2n3-c2ccccc2)cc1. The second-order valence-corrected chi connectivity index (χ2v) is 15.2. The van der Waals surface area contributed by atoms with Gasteiger partial charge in [-0.05, 0) is 82.7 Å². The van der Waals surface area contributed by atoms with Gasteiger partial charge in [-0.2, -0.15) is 0 Å². The molecule has 0 aliphatic heterocycles. The van der Waals surface area contributed by atoms with Gasteiger partial charge in [0.15, 0.2) is 0 Å². The lowest BCUT2D eigenvalue weighted by atomic mass is 9.95. The maximum absolute atomic E-state index is 2.47. The molecule has 0 unspecified atom stereocenters. The number of hydrogen-bond donors (Lipinski definition) is 0. The Morgan fingerprint density at radius 1 is 0.382 bits per heavy atom. The van der Waals surface area contributed by atoms with Crippen molar-refractivity contribution < 1.29 is 0 Å². The fraction of sp³-hybridized carbons (Fsp3) is 0. The molecule has 11 aromatic rings. The van der Waals surface area contributed by atoms with Crippen LogP contribution in [-0.4, -0.2) is 4.57 Å². The molecule has 0 saturated heterocycles. The summed E-state index contributed by atoms with van der Waals surface area (Å²) in [4.78, 5) is 2.45. The average molecular weight is 719 g/mol. The quantitative estimate of drug-likeness (QED) is 0.166. The maximum atomic E-state index is 2.47. The van der Waals surface area contributed by atoms with Crippen LogP contribution in [0.1, 0.15) is 0 Å². The number of aromatic nitrogens is 1. The molecule has 11 rings (SSSR count). The number of fused-ring (bicyclic) bond motifs is 7. The molecule has 0 spiro atoms. The number of para-hydroxylation sites is 1. The van der Waals surface area contributed by atoms with E-state index in [2.05, 4.69) is 216 Å². The van der Waals surface area contributed by atoms with Crippen LogP contribution in [0, 0.1) is 0 Å². The Morgan fingerprint density at radius 3 is 1.80 bits per heavy atom. The number of thiophene rings is 1. The summed E-state index contributed by atoms with van der Waals surface area (Å²) in [6.07, 6.45) is 0. The summed E-state index contributed by atoms with van der Waals surface area (Å²) in [5.41, 5.74) is 11.7. The Morgan fingerprint density at radius 2 is 1.00 bits per heavy atom. The molecule has 9 aromatic carbocycles. The van der Waals surface area contributed by atoms with Gasteiger partial charge in [-0.15, -0.1) is 11.3 Å². The molecule has 0 radical (unpaired) electrons. The van der Waals surface area contributed by atoms with Crippen molar-refractivity contribution in [2.24, 2.45) is 0 Å². The number of rotatable bonds is 6. The van der Waals surface area contributed by atoms with Crippen LogP contribution in [0.2, 0.25) is 0 Å². The summed E-state index contributed by atoms with van der Waals surface area (Å²) < 4.78 is 5.07. The number of anilines is 3. The zero-order valence-corrected chi connectivity index (χ0v) is 30.7. The molecule has 0 aliphatic carbocycles. The first-order chi connectivity index (χ1) is 27.3. The zero-order valence-electron chi connectivity index (χ0n) is 29.9. The molecule has 0 amide bonds. The van der Waals surface area contributed by atoms with Crippen LogP contribution in [0.5, 0.6) is 0 Å². The Balaban J connectivity index is 1.23. The van der Waals surface area contributed by atoms with Crippen LogP contribution in [0.25, 0.3) is 80.7 Å². The molecule has 258 valence electrons. The van der Waals surface area contributed by atoms with Gasteiger partial charge in [0.1, 0.15) is 0 Å². The fourth-order valence-corrected chi connectivity index (χ4v) is 9.58. The molecule has 2 aromatic heterocycles. The molecule has 0 saturated carbocycles. The zero-order chi connectivity index (χ0) is 36.3. The van der Waals surface area contributed by atoms with Gasteiger partial charge in [0.2, 0.25) is 0 Å². The first kappa shape index (κ1) is 31.6. The third-order valence-electron chi connectivity index (χ3n) is 10.9. The van der Waals surface area contributed by atoms with Gasteiger partial charge in [-0.1, -0.05) is 146 Å². The maximum Gasteiger partial charge on any atom is 0.0619 e. The number of benzene rings is 9. The van der Waals surface area contributed by atoms with Gasteiger partial charge in [-0.25, -0.2) is 0 Å². The second-order valence-electron chi connectivity index (χ2n) is 14.1. The molecule has 0 atom stereocenters. The van der Waals surface area contributed by atoms with Gasteiger partial charge < -0.3 is 9.47 Å². The van der Waals surface area contributed by atoms with Gasteiger partial charge in [0.05, 0.1) is 16.7 Å². The van der Waals surface area contributed by atoms with Crippen molar-refractivity contribution in [1.82, 2.24) is 4.57 Å². The lowest BCUT2D eigenvalue weighted by Crippen LogP contribution is -2.10. The minimum atomic E-state index is 1.11. The predicted molar refractivity (Wildman–Crippen MR) is 237 cm³/mol. The molecule has 2 nitrogen and oxygen atoms in total. The second kappa shape index (κ2) is 12.9. The Bertz CT molecular complexity index is 3190. The molecule has 0 fully saturated rings. The first-order valence-corrected chi connectivity index (χ1v) is 19.6. The van der Waals surface area contributed by atoms with Crippen LogP contribution in [-0.2, 0) is 0 Å². The summed E-state index contributed by atoms with van der Waals surface area (Å²) in [6.45, 7) is 0. The topological polar surface area (TPSA) is 8.17 Å². The van der Waals surface area contributed by atoms with E-state index in [1.54, 1.807) is 0 Å². The highest BCUT2D eigenvalue weighted by molar-refractivity contribution is 7.25. The van der Waals surface area contributed by atoms with Gasteiger partial charge in [-0.3, -0.25) is 0 Å². The van der Waals surface area contributed by atoms with E-state index in [9.17, 15) is 0 Å². The lowest BCUT2D eigenvalue weighted by Gasteiger charge is -2.27. The van der Waals surface area contributed by atoms with Crippen molar-refractivity contribution >= 4 is 81.1 Å². The van der Waals surface area contributed by atoms with Crippen molar-refractivity contribution in [3.63, 3.8) is 0 Å². The average Bonchev–Trinajstić information content (AvgIpc) is 3.79. The van der Waals surface area contributed by atoms with E-state index < -0.39 is 0 Å². The van der Waals surface area contributed by atoms with E-state index in [1.165, 1.54) is 69.5 Å². The van der Waals surface area contributed by atoms with Crippen LogP contribution in [0.4, 0.5) is 17.1 Å². The van der Waals surface area contributed by atoms with Crippen LogP contribution >= 0.6 is 11.3 Å². The minimum absolute atomic E-state index is 1.11. The largest absolute Gasteiger partial charge is 0.310 e. The van der Waals surface area contributed by atoms with Gasteiger partial charge in [0.25, 0.3) is 0 Å². The highest BCUT2D eigenvalue weighted by atomic mass is 32.1. The van der Waals surface area contributed by atoms with Crippen LogP contribution in [0.3, 0.4) is 0 Å². The van der Waals surface area contributed by atoms with Crippen molar-refractivity contribution in [3.05, 3.63) is 206 Å². The number of nitrogens with zero attached hydrogens (tertiary/aromatic N) is 2. The molecular weight excluding hydrogens is 685 g/mol. The number of hydrogen-bond acceptors (Lipinski definition) is 2. The monoisotopic (exact) mass is 718 g/mol. The molecule has 3 heteroatoms. The van der Waals surface area contributed by atoms with Crippen molar-refractivity contribution in [3.8, 4) is 27.9 Å². The Labute approximate surface area is 323 Å². The van der Waals surface area contributed by atoms with Crippen molar-refractivity contribution in [2.45, 2.75) is 0 Å². The van der Waals surface area contributed by atoms with E-state index in [1.807, 2.05) is 11.3 Å². The summed E-state index contributed by atoms with van der Waals surface area (Å²) in [5.74, 6) is 0. The molecule has 0 aliphatic rings. The van der Waals surface area contributed by atoms with E-state index in [-0.39, 0.29) is 0 Å². The van der Waals surface area contributed by atoms with E-state index in [4.69, 9.17) is 0 Å². The fourth-order valence-electron chi connectivity index (χ4n) is 8.44. The molecule has 55 heavy (non-hydrogen) atoms. The smallest absolute Gasteiger partial charge is 0.0619 e. The summed E-state index contributed by atoms with van der Waals surface area (Å²) in [5, 5.41) is 7.48. The Hall–Kier alpha value is -6.94. The highest BCUT2D eigenvalue weighted by Crippen LogP contribution is 2.46. The lowest BCUT2D eigenvalue weighted by molar-refractivity contribution is 1.18. The first-order valence-electron chi connectivity index (χ1n) is 18.8. The van der Waals surface area contributed by atoms with E-state index >= 15 is 0 Å². The van der Waals surface area contributed by atoms with Crippen molar-refractivity contribution in [2.75, 3.05) is 4.90 Å². The molecule has 0 N–H and O–H groups in total. The third kappa shape index (κ3) is 5.24. The van der Waals surface area contributed by atoms with E-state index in [0.717, 1.165) is 28.3 Å². The predicted octanol–water partition coefficient (Wildman–Crippen LogP) is 15.1. The van der Waals surface area contributed by atoms with Crippen molar-refractivity contribution in [1.29, 1.82) is 0 Å². The molecular formula is C52H34N2S. The Kier molecular flexibility index (Phi) is 7.39. The molecule has 0 bridgehead atoms. The van der Waals surface area contributed by atoms with Crippen LogP contribution < -0.4 is 4.90 Å². The molecule has 2 heterocycles. The van der Waals surface area contributed by atoms with Gasteiger partial charge in [0, 0.05) is 59.0 Å². The third-order valence-corrected chi connectivity index (χ3v) is 12.1. The standard InChI is InChI=1S/C52H34N2S/c1-4-15-35(16-5-1)38-31-46(37-17-6-2-7-18-37)52-47(32-38)43-29-27-40(33-49(43)54(52)39-21-8-3-9-22-39)53(48-25-14-20-36-19-10-11-23-42(36)48)41-28-30-45-44-24-12-13-26-50(44)55-51(45)34-41/h1-34H. The minimum Gasteiger partial charge on any atom is -0.310 e. The highest BCUT2D eigenvalue weighted by Gasteiger charge is 2.22. The van der Waals surface area contributed by atoms with E-state index in [0.29, 0.717) is 0 Å². The van der Waals surface area contributed by atoms with Crippen LogP contribution in [0.15, 0.2) is 206 Å².